The number of ether oxygens (including phenoxy) is 1. The molecule has 0 bridgehead atoms. The zero-order chi connectivity index (χ0) is 15.0. The Labute approximate surface area is 123 Å². The summed E-state index contributed by atoms with van der Waals surface area (Å²) < 4.78 is 7.70. The Bertz CT molecular complexity index is 779. The number of nitrogens with zero attached hydrogens (tertiary/aromatic N) is 6. The Balaban J connectivity index is 2.02. The Morgan fingerprint density at radius 1 is 1.71 bits per heavy atom. The lowest BCUT2D eigenvalue weighted by molar-refractivity contribution is -0.0232. The van der Waals surface area contributed by atoms with E-state index < -0.39 is 18.4 Å². The van der Waals surface area contributed by atoms with E-state index in [2.05, 4.69) is 25.0 Å². The first-order valence-electron chi connectivity index (χ1n) is 6.17. The highest BCUT2D eigenvalue weighted by atomic mass is 32.1. The molecule has 0 aromatic carbocycles. The van der Waals surface area contributed by atoms with Crippen LogP contribution in [0.3, 0.4) is 0 Å². The number of aliphatic hydroxyl groups excluding tert-OH is 1. The molecule has 11 heteroatoms. The van der Waals surface area contributed by atoms with Crippen LogP contribution >= 0.6 is 12.2 Å². The van der Waals surface area contributed by atoms with Gasteiger partial charge in [-0.25, -0.2) is 9.97 Å². The minimum atomic E-state index is -0.550. The number of azide groups is 1. The largest absolute Gasteiger partial charge is 0.394 e. The second kappa shape index (κ2) is 5.30. The fourth-order valence-corrected chi connectivity index (χ4v) is 2.66. The van der Waals surface area contributed by atoms with Gasteiger partial charge in [0.05, 0.1) is 25.1 Å². The van der Waals surface area contributed by atoms with Crippen LogP contribution in [-0.2, 0) is 4.74 Å². The van der Waals surface area contributed by atoms with Crippen molar-refractivity contribution in [1.82, 2.24) is 19.5 Å². The number of aliphatic hydroxyl groups is 1. The van der Waals surface area contributed by atoms with Gasteiger partial charge in [-0.1, -0.05) is 17.3 Å². The van der Waals surface area contributed by atoms with Crippen molar-refractivity contribution in [2.45, 2.75) is 24.8 Å². The van der Waals surface area contributed by atoms with Gasteiger partial charge in [0.25, 0.3) is 0 Å². The van der Waals surface area contributed by atoms with Gasteiger partial charge in [-0.3, -0.25) is 4.57 Å². The standard InChI is InChI=1S/C10H12N8O2S/c11-10-14-8-7(9(21)15-10)13-3-18(8)6-1-4(16-17-12)5(2-19)20-6/h3-6,19H,1-2H2,(H3,11,14,15,21)/t4-,5+,6+/m0/s1. The molecule has 1 fully saturated rings. The summed E-state index contributed by atoms with van der Waals surface area (Å²) in [6.07, 6.45) is 0.986. The second-order valence-corrected chi connectivity index (χ2v) is 4.98. The van der Waals surface area contributed by atoms with Crippen molar-refractivity contribution in [2.24, 2.45) is 5.11 Å². The highest BCUT2D eigenvalue weighted by molar-refractivity contribution is 7.71. The molecular formula is C10H12N8O2S. The molecule has 0 unspecified atom stereocenters. The topological polar surface area (TPSA) is 151 Å². The zero-order valence-corrected chi connectivity index (χ0v) is 11.6. The molecule has 3 heterocycles. The van der Waals surface area contributed by atoms with Crippen LogP contribution in [0.5, 0.6) is 0 Å². The maximum atomic E-state index is 9.29. The first kappa shape index (κ1) is 13.8. The number of aromatic nitrogens is 4. The SMILES string of the molecule is [N-]=[N+]=N[C@H]1C[C@H](n2cnc3c(=S)nc(N)[nH]c32)O[C@@H]1CO. The van der Waals surface area contributed by atoms with Crippen molar-refractivity contribution < 1.29 is 9.84 Å². The van der Waals surface area contributed by atoms with Gasteiger partial charge in [-0.2, -0.15) is 0 Å². The Morgan fingerprint density at radius 2 is 2.52 bits per heavy atom. The van der Waals surface area contributed by atoms with Crippen LogP contribution in [0.15, 0.2) is 11.4 Å². The van der Waals surface area contributed by atoms with Crippen LogP contribution in [0.4, 0.5) is 5.95 Å². The molecule has 2 aromatic heterocycles. The summed E-state index contributed by atoms with van der Waals surface area (Å²) in [5.41, 5.74) is 15.3. The van der Waals surface area contributed by atoms with Crippen molar-refractivity contribution in [3.05, 3.63) is 21.4 Å². The molecule has 110 valence electrons. The van der Waals surface area contributed by atoms with E-state index in [0.29, 0.717) is 22.2 Å². The molecule has 1 aliphatic rings. The van der Waals surface area contributed by atoms with E-state index in [9.17, 15) is 5.11 Å². The summed E-state index contributed by atoms with van der Waals surface area (Å²) in [6.45, 7) is -0.230. The van der Waals surface area contributed by atoms with Crippen molar-refractivity contribution in [3.63, 3.8) is 0 Å². The van der Waals surface area contributed by atoms with Gasteiger partial charge in [-0.05, 0) is 5.53 Å². The monoisotopic (exact) mass is 308 g/mol. The third kappa shape index (κ3) is 2.32. The molecule has 3 rings (SSSR count). The van der Waals surface area contributed by atoms with Crippen LogP contribution in [0.2, 0.25) is 0 Å². The lowest BCUT2D eigenvalue weighted by Crippen LogP contribution is -2.22. The number of H-pyrrole nitrogens is 1. The number of hydrogen-bond acceptors (Lipinski definition) is 7. The molecule has 0 saturated carbocycles. The third-order valence-electron chi connectivity index (χ3n) is 3.36. The first-order valence-corrected chi connectivity index (χ1v) is 6.57. The smallest absolute Gasteiger partial charge is 0.200 e. The van der Waals surface area contributed by atoms with Crippen molar-refractivity contribution >= 4 is 29.3 Å². The predicted octanol–water partition coefficient (Wildman–Crippen LogP) is 1.03. The molecule has 10 nitrogen and oxygen atoms in total. The average molecular weight is 308 g/mol. The molecule has 0 aliphatic carbocycles. The zero-order valence-electron chi connectivity index (χ0n) is 10.7. The van der Waals surface area contributed by atoms with Gasteiger partial charge in [0.1, 0.15) is 17.4 Å². The summed E-state index contributed by atoms with van der Waals surface area (Å²) in [5, 5.41) is 12.9. The number of aromatic amines is 1. The molecule has 0 spiro atoms. The van der Waals surface area contributed by atoms with Gasteiger partial charge < -0.3 is 20.6 Å². The summed E-state index contributed by atoms with van der Waals surface area (Å²) in [7, 11) is 0. The summed E-state index contributed by atoms with van der Waals surface area (Å²) >= 11 is 5.11. The minimum absolute atomic E-state index is 0.178. The van der Waals surface area contributed by atoms with Gasteiger partial charge in [0, 0.05) is 11.3 Å². The summed E-state index contributed by atoms with van der Waals surface area (Å²) in [6, 6.07) is -0.440. The quantitative estimate of drug-likeness (QED) is 0.333. The molecule has 21 heavy (non-hydrogen) atoms. The van der Waals surface area contributed by atoms with E-state index in [0.717, 1.165) is 0 Å². The summed E-state index contributed by atoms with van der Waals surface area (Å²) in [5.74, 6) is 0.178. The fourth-order valence-electron chi connectivity index (χ4n) is 2.41. The Morgan fingerprint density at radius 3 is 3.24 bits per heavy atom. The maximum absolute atomic E-state index is 9.29. The molecule has 4 N–H and O–H groups in total. The normalized spacial score (nSPS) is 25.1. The van der Waals surface area contributed by atoms with E-state index in [1.807, 2.05) is 0 Å². The highest BCUT2D eigenvalue weighted by Gasteiger charge is 2.35. The number of hydrogen-bond donors (Lipinski definition) is 3. The van der Waals surface area contributed by atoms with E-state index >= 15 is 0 Å². The van der Waals surface area contributed by atoms with Crippen LogP contribution in [0, 0.1) is 4.64 Å². The maximum Gasteiger partial charge on any atom is 0.200 e. The number of fused-ring (bicyclic) bond motifs is 1. The van der Waals surface area contributed by atoms with Crippen LogP contribution in [-0.4, -0.2) is 43.4 Å². The number of rotatable bonds is 3. The van der Waals surface area contributed by atoms with Crippen molar-refractivity contribution in [2.75, 3.05) is 12.3 Å². The van der Waals surface area contributed by atoms with Gasteiger partial charge in [-0.15, -0.1) is 0 Å². The van der Waals surface area contributed by atoms with Gasteiger partial charge in [0.2, 0.25) is 0 Å². The number of nitrogens with one attached hydrogen (secondary N) is 1. The number of nitrogens with two attached hydrogens (primary N) is 1. The molecule has 0 amide bonds. The molecule has 0 radical (unpaired) electrons. The molecular weight excluding hydrogens is 296 g/mol. The van der Waals surface area contributed by atoms with Crippen molar-refractivity contribution in [1.29, 1.82) is 0 Å². The van der Waals surface area contributed by atoms with Gasteiger partial charge in [0.15, 0.2) is 10.6 Å². The van der Waals surface area contributed by atoms with Crippen LogP contribution in [0.25, 0.3) is 21.6 Å². The molecule has 1 saturated heterocycles. The predicted molar refractivity (Wildman–Crippen MR) is 75.7 cm³/mol. The fraction of sp³-hybridized carbons (Fsp3) is 0.500. The van der Waals surface area contributed by atoms with Crippen LogP contribution < -0.4 is 5.73 Å². The summed E-state index contributed by atoms with van der Waals surface area (Å²) in [4.78, 5) is 13.8. The molecule has 3 atom stereocenters. The van der Waals surface area contributed by atoms with E-state index in [1.54, 1.807) is 10.9 Å². The lowest BCUT2D eigenvalue weighted by Gasteiger charge is -2.14. The lowest BCUT2D eigenvalue weighted by atomic mass is 10.1. The number of imidazole rings is 1. The second-order valence-electron chi connectivity index (χ2n) is 4.60. The van der Waals surface area contributed by atoms with E-state index in [1.165, 1.54) is 0 Å². The van der Waals surface area contributed by atoms with Crippen molar-refractivity contribution in [3.8, 4) is 0 Å². The van der Waals surface area contributed by atoms with Crippen LogP contribution in [0.1, 0.15) is 12.6 Å². The number of nitrogen functional groups attached to an aromatic ring is 1. The Hall–Kier alpha value is -2.20. The third-order valence-corrected chi connectivity index (χ3v) is 3.64. The molecule has 1 aliphatic heterocycles. The van der Waals surface area contributed by atoms with E-state index in [-0.39, 0.29) is 12.6 Å². The van der Waals surface area contributed by atoms with Gasteiger partial charge >= 0.3 is 0 Å². The first-order chi connectivity index (χ1) is 10.1. The number of anilines is 1. The minimum Gasteiger partial charge on any atom is -0.394 e. The highest BCUT2D eigenvalue weighted by Crippen LogP contribution is 2.32. The molecule has 2 aromatic rings. The average Bonchev–Trinajstić information content (AvgIpc) is 3.02. The Kier molecular flexibility index (Phi) is 3.47. The van der Waals surface area contributed by atoms with E-state index in [4.69, 9.17) is 28.2 Å².